The lowest BCUT2D eigenvalue weighted by Crippen LogP contribution is -2.47. The molecule has 1 N–H and O–H groups in total. The fourth-order valence-electron chi connectivity index (χ4n) is 1.72. The molecule has 1 unspecified atom stereocenters. The van der Waals surface area contributed by atoms with Crippen LogP contribution < -0.4 is 10.1 Å². The van der Waals surface area contributed by atoms with Crippen molar-refractivity contribution in [2.45, 2.75) is 31.3 Å². The Morgan fingerprint density at radius 3 is 2.90 bits per heavy atom. The van der Waals surface area contributed by atoms with Gasteiger partial charge in [-0.2, -0.15) is 5.26 Å². The fraction of sp³-hybridized carbons (Fsp3) is 0.462. The number of non-ortho nitro benzene ring substituents is 1. The summed E-state index contributed by atoms with van der Waals surface area (Å²) in [5, 5.41) is 23.4. The first-order valence-corrected chi connectivity index (χ1v) is 6.57. The second kappa shape index (κ2) is 5.65. The van der Waals surface area contributed by atoms with Crippen LogP contribution in [0.2, 0.25) is 5.02 Å². The number of benzene rings is 1. The maximum absolute atomic E-state index is 10.7. The van der Waals surface area contributed by atoms with Gasteiger partial charge in [-0.3, -0.25) is 15.4 Å². The van der Waals surface area contributed by atoms with E-state index < -0.39 is 10.5 Å². The third kappa shape index (κ3) is 3.59. The predicted molar refractivity (Wildman–Crippen MR) is 73.8 cm³/mol. The second-order valence-electron chi connectivity index (χ2n) is 5.02. The molecule has 0 heterocycles. The molecule has 0 saturated heterocycles. The maximum atomic E-state index is 10.7. The van der Waals surface area contributed by atoms with Gasteiger partial charge < -0.3 is 4.74 Å². The Morgan fingerprint density at radius 1 is 1.65 bits per heavy atom. The number of nitriles is 1. The number of rotatable bonds is 6. The van der Waals surface area contributed by atoms with Crippen LogP contribution in [0.4, 0.5) is 5.69 Å². The minimum absolute atomic E-state index is 0.0703. The molecule has 1 aromatic carbocycles. The van der Waals surface area contributed by atoms with Crippen LogP contribution in [0.3, 0.4) is 0 Å². The Bertz CT molecular complexity index is 568. The summed E-state index contributed by atoms with van der Waals surface area (Å²) >= 11 is 5.94. The Hall–Kier alpha value is -1.84. The molecule has 1 aromatic rings. The van der Waals surface area contributed by atoms with Crippen LogP contribution in [-0.2, 0) is 0 Å². The summed E-state index contributed by atoms with van der Waals surface area (Å²) in [4.78, 5) is 10.2. The zero-order valence-corrected chi connectivity index (χ0v) is 11.7. The normalized spacial score (nSPS) is 17.1. The van der Waals surface area contributed by atoms with E-state index >= 15 is 0 Å². The van der Waals surface area contributed by atoms with Gasteiger partial charge in [-0.1, -0.05) is 11.6 Å². The molecule has 0 aromatic heterocycles. The summed E-state index contributed by atoms with van der Waals surface area (Å²) in [5.74, 6) is 0.208. The van der Waals surface area contributed by atoms with E-state index in [1.165, 1.54) is 18.2 Å². The Morgan fingerprint density at radius 2 is 2.35 bits per heavy atom. The van der Waals surface area contributed by atoms with Gasteiger partial charge in [0.1, 0.15) is 17.9 Å². The van der Waals surface area contributed by atoms with Crippen LogP contribution in [0.5, 0.6) is 5.75 Å². The van der Waals surface area contributed by atoms with E-state index in [0.29, 0.717) is 6.04 Å². The quantitative estimate of drug-likeness (QED) is 0.644. The molecule has 1 saturated carbocycles. The number of hydrogen-bond donors (Lipinski definition) is 1. The molecule has 7 heteroatoms. The largest absolute Gasteiger partial charge is 0.489 e. The first kappa shape index (κ1) is 14.6. The zero-order valence-electron chi connectivity index (χ0n) is 10.9. The lowest BCUT2D eigenvalue weighted by atomic mass is 10.1. The number of nitrogens with zero attached hydrogens (tertiary/aromatic N) is 2. The Balaban J connectivity index is 2.07. The van der Waals surface area contributed by atoms with Gasteiger partial charge in [0.25, 0.3) is 5.69 Å². The molecule has 20 heavy (non-hydrogen) atoms. The van der Waals surface area contributed by atoms with Gasteiger partial charge >= 0.3 is 0 Å². The molecule has 1 aliphatic rings. The fourth-order valence-corrected chi connectivity index (χ4v) is 1.89. The molecule has 0 spiro atoms. The molecule has 6 nitrogen and oxygen atoms in total. The van der Waals surface area contributed by atoms with Gasteiger partial charge in [0, 0.05) is 12.1 Å². The van der Waals surface area contributed by atoms with Gasteiger partial charge in [-0.25, -0.2) is 0 Å². The van der Waals surface area contributed by atoms with E-state index in [1.54, 1.807) is 6.92 Å². The van der Waals surface area contributed by atoms with Crippen LogP contribution in [0.15, 0.2) is 18.2 Å². The third-order valence-corrected chi connectivity index (χ3v) is 3.30. The van der Waals surface area contributed by atoms with E-state index in [0.717, 1.165) is 12.8 Å². The minimum Gasteiger partial charge on any atom is -0.489 e. The number of nitro groups is 1. The van der Waals surface area contributed by atoms with Crippen molar-refractivity contribution in [2.24, 2.45) is 0 Å². The molecular formula is C13H14ClN3O3. The molecule has 0 aliphatic heterocycles. The van der Waals surface area contributed by atoms with Crippen molar-refractivity contribution in [1.82, 2.24) is 5.32 Å². The maximum Gasteiger partial charge on any atom is 0.273 e. The molecule has 1 atom stereocenters. The molecule has 0 bridgehead atoms. The topological polar surface area (TPSA) is 88.2 Å². The first-order chi connectivity index (χ1) is 9.43. The van der Waals surface area contributed by atoms with Crippen LogP contribution >= 0.6 is 11.6 Å². The van der Waals surface area contributed by atoms with Gasteiger partial charge in [0.15, 0.2) is 0 Å². The van der Waals surface area contributed by atoms with Crippen LogP contribution in [0.25, 0.3) is 0 Å². The van der Waals surface area contributed by atoms with E-state index in [1.807, 2.05) is 0 Å². The molecule has 0 amide bonds. The van der Waals surface area contributed by atoms with E-state index in [4.69, 9.17) is 16.3 Å². The summed E-state index contributed by atoms with van der Waals surface area (Å²) < 4.78 is 5.49. The highest BCUT2D eigenvalue weighted by Gasteiger charge is 2.33. The SMILES string of the molecule is CC(C#N)(COc1cc([N+](=O)[O-])ccc1Cl)NC1CC1. The summed E-state index contributed by atoms with van der Waals surface area (Å²) in [7, 11) is 0. The van der Waals surface area contributed by atoms with E-state index in [-0.39, 0.29) is 23.1 Å². The molecule has 2 rings (SSSR count). The van der Waals surface area contributed by atoms with Gasteiger partial charge in [-0.15, -0.1) is 0 Å². The lowest BCUT2D eigenvalue weighted by molar-refractivity contribution is -0.384. The average Bonchev–Trinajstić information content (AvgIpc) is 3.21. The van der Waals surface area contributed by atoms with E-state index in [9.17, 15) is 15.4 Å². The summed E-state index contributed by atoms with van der Waals surface area (Å²) in [6, 6.07) is 6.49. The number of ether oxygens (including phenoxy) is 1. The van der Waals surface area contributed by atoms with Crippen molar-refractivity contribution < 1.29 is 9.66 Å². The third-order valence-electron chi connectivity index (χ3n) is 2.99. The molecule has 1 fully saturated rings. The van der Waals surface area contributed by atoms with Crippen molar-refractivity contribution in [2.75, 3.05) is 6.61 Å². The monoisotopic (exact) mass is 295 g/mol. The smallest absolute Gasteiger partial charge is 0.273 e. The highest BCUT2D eigenvalue weighted by atomic mass is 35.5. The number of hydrogen-bond acceptors (Lipinski definition) is 5. The van der Waals surface area contributed by atoms with Crippen LogP contribution in [0, 0.1) is 21.4 Å². The molecule has 106 valence electrons. The molecule has 1 aliphatic carbocycles. The molecule has 0 radical (unpaired) electrons. The predicted octanol–water partition coefficient (Wildman–Crippen LogP) is 2.66. The lowest BCUT2D eigenvalue weighted by Gasteiger charge is -2.23. The summed E-state index contributed by atoms with van der Waals surface area (Å²) in [6.45, 7) is 1.80. The van der Waals surface area contributed by atoms with Crippen molar-refractivity contribution in [3.8, 4) is 11.8 Å². The van der Waals surface area contributed by atoms with Crippen molar-refractivity contribution >= 4 is 17.3 Å². The molecular weight excluding hydrogens is 282 g/mol. The van der Waals surface area contributed by atoms with Gasteiger partial charge in [-0.05, 0) is 25.8 Å². The van der Waals surface area contributed by atoms with Gasteiger partial charge in [0.2, 0.25) is 0 Å². The summed E-state index contributed by atoms with van der Waals surface area (Å²) in [5.41, 5.74) is -0.937. The first-order valence-electron chi connectivity index (χ1n) is 6.19. The van der Waals surface area contributed by atoms with Gasteiger partial charge in [0.05, 0.1) is 22.1 Å². The van der Waals surface area contributed by atoms with Crippen LogP contribution in [-0.4, -0.2) is 23.1 Å². The highest BCUT2D eigenvalue weighted by molar-refractivity contribution is 6.32. The van der Waals surface area contributed by atoms with Crippen molar-refractivity contribution in [1.29, 1.82) is 5.26 Å². The number of nitro benzene ring substituents is 1. The van der Waals surface area contributed by atoms with Crippen molar-refractivity contribution in [3.05, 3.63) is 33.3 Å². The number of halogens is 1. The summed E-state index contributed by atoms with van der Waals surface area (Å²) in [6.07, 6.45) is 2.10. The average molecular weight is 296 g/mol. The zero-order chi connectivity index (χ0) is 14.8. The Labute approximate surface area is 121 Å². The second-order valence-corrected chi connectivity index (χ2v) is 5.43. The Kier molecular flexibility index (Phi) is 4.12. The van der Waals surface area contributed by atoms with E-state index in [2.05, 4.69) is 11.4 Å². The van der Waals surface area contributed by atoms with Crippen LogP contribution in [0.1, 0.15) is 19.8 Å². The standard InChI is InChI=1S/C13H14ClN3O3/c1-13(7-15,16-9-2-3-9)8-20-12-6-10(17(18)19)4-5-11(12)14/h4-6,9,16H,2-3,8H2,1H3. The highest BCUT2D eigenvalue weighted by Crippen LogP contribution is 2.30. The van der Waals surface area contributed by atoms with Crippen molar-refractivity contribution in [3.63, 3.8) is 0 Å². The minimum atomic E-state index is -0.838. The number of nitrogens with one attached hydrogen (secondary N) is 1.